The number of benzene rings is 2. The fraction of sp³-hybridized carbons (Fsp3) is 0.273. The molecule has 3 aromatic rings. The second kappa shape index (κ2) is 8.32. The van der Waals surface area contributed by atoms with E-state index in [0.717, 1.165) is 20.5 Å². The predicted octanol–water partition coefficient (Wildman–Crippen LogP) is 2.81. The lowest BCUT2D eigenvalue weighted by Crippen LogP contribution is -2.50. The van der Waals surface area contributed by atoms with E-state index in [0.29, 0.717) is 10.2 Å². The van der Waals surface area contributed by atoms with E-state index in [1.807, 2.05) is 0 Å². The Balaban J connectivity index is 1.62. The van der Waals surface area contributed by atoms with E-state index in [2.05, 4.69) is 10.3 Å². The molecule has 3 amide bonds. The highest BCUT2D eigenvalue weighted by Crippen LogP contribution is 2.31. The quantitative estimate of drug-likeness (QED) is 0.536. The molecule has 4 rings (SSSR count). The molecule has 1 N–H and O–H groups in total. The number of thiazole rings is 1. The molecule has 2 heterocycles. The van der Waals surface area contributed by atoms with Gasteiger partial charge in [-0.1, -0.05) is 37.3 Å². The Morgan fingerprint density at radius 2 is 1.67 bits per heavy atom. The molecule has 0 saturated heterocycles. The number of rotatable bonds is 6. The van der Waals surface area contributed by atoms with E-state index >= 15 is 0 Å². The zero-order valence-corrected chi connectivity index (χ0v) is 20.0. The molecule has 0 saturated carbocycles. The zero-order valence-electron chi connectivity index (χ0n) is 18.4. The number of imide groups is 1. The molecule has 1 unspecified atom stereocenters. The molecule has 9 nitrogen and oxygen atoms in total. The summed E-state index contributed by atoms with van der Waals surface area (Å²) in [6, 6.07) is 9.97. The fourth-order valence-corrected chi connectivity index (χ4v) is 5.60. The van der Waals surface area contributed by atoms with Crippen molar-refractivity contribution >= 4 is 54.4 Å². The lowest BCUT2D eigenvalue weighted by Gasteiger charge is -2.27. The van der Waals surface area contributed by atoms with Crippen LogP contribution in [0.15, 0.2) is 47.4 Å². The van der Waals surface area contributed by atoms with E-state index in [9.17, 15) is 22.8 Å². The van der Waals surface area contributed by atoms with E-state index in [-0.39, 0.29) is 27.1 Å². The van der Waals surface area contributed by atoms with Gasteiger partial charge in [0, 0.05) is 14.1 Å². The van der Waals surface area contributed by atoms with Crippen molar-refractivity contribution < 1.29 is 22.8 Å². The summed E-state index contributed by atoms with van der Waals surface area (Å²) >= 11 is 1.11. The SMILES string of the molecule is CC(C)C(C(=O)Nc1nc2ccc(S(=O)(=O)N(C)C)cc2s1)N1C(=O)c2ccccc2C1=O. The number of carbonyl (C=O) groups is 3. The van der Waals surface area contributed by atoms with Crippen molar-refractivity contribution in [2.24, 2.45) is 5.92 Å². The van der Waals surface area contributed by atoms with Gasteiger partial charge >= 0.3 is 0 Å². The van der Waals surface area contributed by atoms with Gasteiger partial charge in [-0.25, -0.2) is 17.7 Å². The minimum absolute atomic E-state index is 0.118. The normalized spacial score (nSPS) is 14.9. The van der Waals surface area contributed by atoms with Crippen LogP contribution in [-0.4, -0.2) is 60.5 Å². The minimum atomic E-state index is -3.61. The van der Waals surface area contributed by atoms with Crippen molar-refractivity contribution in [2.45, 2.75) is 24.8 Å². The van der Waals surface area contributed by atoms with Crippen LogP contribution in [0.3, 0.4) is 0 Å². The first-order chi connectivity index (χ1) is 15.5. The molecule has 1 aliphatic heterocycles. The molecule has 0 bridgehead atoms. The van der Waals surface area contributed by atoms with E-state index in [4.69, 9.17) is 0 Å². The average molecular weight is 487 g/mol. The summed E-state index contributed by atoms with van der Waals surface area (Å²) in [7, 11) is -0.718. The van der Waals surface area contributed by atoms with Gasteiger partial charge in [-0.3, -0.25) is 19.3 Å². The summed E-state index contributed by atoms with van der Waals surface area (Å²) < 4.78 is 26.5. The zero-order chi connectivity index (χ0) is 24.1. The second-order valence-corrected chi connectivity index (χ2v) is 11.3. The maximum Gasteiger partial charge on any atom is 0.262 e. The van der Waals surface area contributed by atoms with Gasteiger partial charge in [-0.05, 0) is 36.2 Å². The van der Waals surface area contributed by atoms with E-state index in [1.165, 1.54) is 26.2 Å². The number of sulfonamides is 1. The lowest BCUT2D eigenvalue weighted by molar-refractivity contribution is -0.121. The van der Waals surface area contributed by atoms with Crippen LogP contribution in [-0.2, 0) is 14.8 Å². The highest BCUT2D eigenvalue weighted by Gasteiger charge is 2.44. The summed E-state index contributed by atoms with van der Waals surface area (Å²) in [5.74, 6) is -1.90. The Kier molecular flexibility index (Phi) is 5.81. The second-order valence-electron chi connectivity index (χ2n) is 8.14. The van der Waals surface area contributed by atoms with Crippen LogP contribution in [0, 0.1) is 5.92 Å². The number of nitrogens with zero attached hydrogens (tertiary/aromatic N) is 3. The molecular formula is C22H22N4O5S2. The van der Waals surface area contributed by atoms with Crippen LogP contribution >= 0.6 is 11.3 Å². The third kappa shape index (κ3) is 3.92. The van der Waals surface area contributed by atoms with Gasteiger partial charge < -0.3 is 5.32 Å². The van der Waals surface area contributed by atoms with E-state index in [1.54, 1.807) is 44.2 Å². The lowest BCUT2D eigenvalue weighted by atomic mass is 10.0. The third-order valence-corrected chi connectivity index (χ3v) is 8.12. The van der Waals surface area contributed by atoms with Crippen molar-refractivity contribution in [2.75, 3.05) is 19.4 Å². The molecule has 1 aliphatic rings. The molecule has 0 aliphatic carbocycles. The molecule has 0 radical (unpaired) electrons. The van der Waals surface area contributed by atoms with Gasteiger partial charge in [0.1, 0.15) is 6.04 Å². The van der Waals surface area contributed by atoms with Gasteiger partial charge in [0.05, 0.1) is 26.2 Å². The Morgan fingerprint density at radius 3 is 2.21 bits per heavy atom. The first kappa shape index (κ1) is 23.0. The summed E-state index contributed by atoms with van der Waals surface area (Å²) in [5, 5.41) is 2.95. The first-order valence-electron chi connectivity index (χ1n) is 10.1. The first-order valence-corrected chi connectivity index (χ1v) is 12.4. The van der Waals surface area contributed by atoms with Gasteiger partial charge in [-0.2, -0.15) is 0 Å². The van der Waals surface area contributed by atoms with E-state index < -0.39 is 33.8 Å². The van der Waals surface area contributed by atoms with Crippen molar-refractivity contribution in [3.8, 4) is 0 Å². The number of hydrogen-bond acceptors (Lipinski definition) is 7. The molecule has 1 aromatic heterocycles. The molecule has 33 heavy (non-hydrogen) atoms. The van der Waals surface area contributed by atoms with Crippen LogP contribution in [0.1, 0.15) is 34.6 Å². The summed E-state index contributed by atoms with van der Waals surface area (Å²) in [6.45, 7) is 3.51. The summed E-state index contributed by atoms with van der Waals surface area (Å²) in [4.78, 5) is 44.4. The molecule has 0 fully saturated rings. The van der Waals surface area contributed by atoms with Crippen LogP contribution in [0.25, 0.3) is 10.2 Å². The smallest absolute Gasteiger partial charge is 0.262 e. The van der Waals surface area contributed by atoms with Gasteiger partial charge in [0.15, 0.2) is 5.13 Å². The van der Waals surface area contributed by atoms with Crippen LogP contribution in [0.2, 0.25) is 0 Å². The van der Waals surface area contributed by atoms with Crippen LogP contribution < -0.4 is 5.32 Å². The minimum Gasteiger partial charge on any atom is -0.300 e. The average Bonchev–Trinajstić information content (AvgIpc) is 3.27. The topological polar surface area (TPSA) is 117 Å². The number of aromatic nitrogens is 1. The molecule has 172 valence electrons. The fourth-order valence-electron chi connectivity index (χ4n) is 3.69. The van der Waals surface area contributed by atoms with Crippen LogP contribution in [0.5, 0.6) is 0 Å². The molecule has 1 atom stereocenters. The third-order valence-electron chi connectivity index (χ3n) is 5.37. The Labute approximate surface area is 195 Å². The van der Waals surface area contributed by atoms with Crippen molar-refractivity contribution in [1.82, 2.24) is 14.2 Å². The summed E-state index contributed by atoms with van der Waals surface area (Å²) in [5.41, 5.74) is 1.07. The predicted molar refractivity (Wildman–Crippen MR) is 125 cm³/mol. The van der Waals surface area contributed by atoms with Crippen molar-refractivity contribution in [3.05, 3.63) is 53.6 Å². The standard InChI is InChI=1S/C22H22N4O5S2/c1-12(2)18(26-20(28)14-7-5-6-8-15(14)21(26)29)19(27)24-22-23-16-10-9-13(11-17(16)32-22)33(30,31)25(3)4/h5-12,18H,1-4H3,(H,23,24,27). The van der Waals surface area contributed by atoms with Gasteiger partial charge in [0.25, 0.3) is 11.8 Å². The Morgan fingerprint density at radius 1 is 1.06 bits per heavy atom. The van der Waals surface area contributed by atoms with Crippen molar-refractivity contribution in [1.29, 1.82) is 0 Å². The Bertz CT molecular complexity index is 1360. The molecule has 2 aromatic carbocycles. The van der Waals surface area contributed by atoms with Gasteiger partial charge in [-0.15, -0.1) is 0 Å². The number of fused-ring (bicyclic) bond motifs is 2. The number of hydrogen-bond donors (Lipinski definition) is 1. The maximum atomic E-state index is 13.2. The van der Waals surface area contributed by atoms with Crippen LogP contribution in [0.4, 0.5) is 5.13 Å². The molecule has 11 heteroatoms. The van der Waals surface area contributed by atoms with Gasteiger partial charge in [0.2, 0.25) is 15.9 Å². The van der Waals surface area contributed by atoms with Crippen molar-refractivity contribution in [3.63, 3.8) is 0 Å². The molecular weight excluding hydrogens is 464 g/mol. The molecule has 0 spiro atoms. The number of nitrogens with one attached hydrogen (secondary N) is 1. The highest BCUT2D eigenvalue weighted by molar-refractivity contribution is 7.89. The summed E-state index contributed by atoms with van der Waals surface area (Å²) in [6.07, 6.45) is 0. The number of anilines is 1. The Hall–Kier alpha value is -3.15. The highest BCUT2D eigenvalue weighted by atomic mass is 32.2. The largest absolute Gasteiger partial charge is 0.300 e. The monoisotopic (exact) mass is 486 g/mol. The maximum absolute atomic E-state index is 13.2. The number of amides is 3. The number of carbonyl (C=O) groups excluding carboxylic acids is 3.